The molecule has 3 aromatic rings. The minimum atomic E-state index is -3.80. The average Bonchev–Trinajstić information content (AvgIpc) is 2.94. The number of carbonyl (C=O) groups is 2. The summed E-state index contributed by atoms with van der Waals surface area (Å²) in [6.45, 7) is 4.21. The Morgan fingerprint density at radius 3 is 2.08 bits per heavy atom. The molecule has 1 unspecified atom stereocenters. The molecule has 1 atom stereocenters. The van der Waals surface area contributed by atoms with Crippen LogP contribution in [-0.2, 0) is 39.0 Å². The van der Waals surface area contributed by atoms with Crippen molar-refractivity contribution >= 4 is 39.1 Å². The van der Waals surface area contributed by atoms with Crippen LogP contribution in [0.1, 0.15) is 43.4 Å². The topological polar surface area (TPSA) is 86.8 Å². The van der Waals surface area contributed by atoms with Gasteiger partial charge in [0.2, 0.25) is 21.8 Å². The SMILES string of the molecule is CCCCNC(=O)C(Cc1ccccc1)N(Cc1ccc(Cl)cc1)C(=O)CN(c1ccc(CC)cc1)S(C)(=O)=O. The maximum absolute atomic E-state index is 14.0. The quantitative estimate of drug-likeness (QED) is 0.263. The van der Waals surface area contributed by atoms with E-state index >= 15 is 0 Å². The molecule has 0 fully saturated rings. The predicted molar refractivity (Wildman–Crippen MR) is 162 cm³/mol. The van der Waals surface area contributed by atoms with E-state index < -0.39 is 28.5 Å². The molecule has 2 amide bonds. The number of carbonyl (C=O) groups excluding carboxylic acids is 2. The summed E-state index contributed by atoms with van der Waals surface area (Å²) < 4.78 is 26.8. The van der Waals surface area contributed by atoms with Gasteiger partial charge in [-0.25, -0.2) is 8.42 Å². The van der Waals surface area contributed by atoms with E-state index in [2.05, 4.69) is 5.32 Å². The highest BCUT2D eigenvalue weighted by molar-refractivity contribution is 7.92. The number of benzene rings is 3. The van der Waals surface area contributed by atoms with E-state index in [4.69, 9.17) is 11.6 Å². The lowest BCUT2D eigenvalue weighted by molar-refractivity contribution is -0.140. The third-order valence-corrected chi connectivity index (χ3v) is 8.07. The molecule has 3 aromatic carbocycles. The first kappa shape index (κ1) is 31.2. The molecule has 0 saturated heterocycles. The molecule has 9 heteroatoms. The van der Waals surface area contributed by atoms with Crippen molar-refractivity contribution in [3.8, 4) is 0 Å². The van der Waals surface area contributed by atoms with E-state index in [1.165, 1.54) is 4.90 Å². The van der Waals surface area contributed by atoms with Crippen LogP contribution in [-0.4, -0.2) is 50.5 Å². The highest BCUT2D eigenvalue weighted by atomic mass is 35.5. The highest BCUT2D eigenvalue weighted by Gasteiger charge is 2.33. The fraction of sp³-hybridized carbons (Fsp3) is 0.355. The van der Waals surface area contributed by atoms with Crippen molar-refractivity contribution in [1.82, 2.24) is 10.2 Å². The van der Waals surface area contributed by atoms with Gasteiger partial charge in [-0.15, -0.1) is 0 Å². The Morgan fingerprint density at radius 2 is 1.50 bits per heavy atom. The van der Waals surface area contributed by atoms with E-state index in [0.29, 0.717) is 17.3 Å². The Morgan fingerprint density at radius 1 is 0.875 bits per heavy atom. The van der Waals surface area contributed by atoms with Crippen LogP contribution in [0.3, 0.4) is 0 Å². The monoisotopic (exact) mass is 583 g/mol. The molecular formula is C31H38ClN3O4S. The molecule has 0 aliphatic heterocycles. The van der Waals surface area contributed by atoms with Crippen molar-refractivity contribution in [2.24, 2.45) is 0 Å². The van der Waals surface area contributed by atoms with Crippen LogP contribution in [0.4, 0.5) is 5.69 Å². The van der Waals surface area contributed by atoms with Crippen molar-refractivity contribution in [2.45, 2.75) is 52.1 Å². The van der Waals surface area contributed by atoms with Crippen LogP contribution < -0.4 is 9.62 Å². The molecule has 0 radical (unpaired) electrons. The molecule has 1 N–H and O–H groups in total. The van der Waals surface area contributed by atoms with Gasteiger partial charge in [0.1, 0.15) is 12.6 Å². The summed E-state index contributed by atoms with van der Waals surface area (Å²) in [5.41, 5.74) is 3.11. The van der Waals surface area contributed by atoms with Gasteiger partial charge in [0, 0.05) is 24.5 Å². The van der Waals surface area contributed by atoms with Crippen LogP contribution in [0.5, 0.6) is 0 Å². The van der Waals surface area contributed by atoms with Gasteiger partial charge in [-0.2, -0.15) is 0 Å². The number of aryl methyl sites for hydroxylation is 1. The first-order chi connectivity index (χ1) is 19.1. The third kappa shape index (κ3) is 9.10. The molecule has 0 aliphatic rings. The van der Waals surface area contributed by atoms with E-state index in [1.54, 1.807) is 36.4 Å². The molecule has 214 valence electrons. The number of anilines is 1. The third-order valence-electron chi connectivity index (χ3n) is 6.68. The predicted octanol–water partition coefficient (Wildman–Crippen LogP) is 5.22. The minimum absolute atomic E-state index is 0.112. The molecule has 0 saturated carbocycles. The van der Waals surface area contributed by atoms with Crippen LogP contribution in [0, 0.1) is 0 Å². The zero-order valence-corrected chi connectivity index (χ0v) is 24.9. The van der Waals surface area contributed by atoms with Crippen LogP contribution in [0.15, 0.2) is 78.9 Å². The lowest BCUT2D eigenvalue weighted by atomic mass is 10.0. The number of hydrogen-bond donors (Lipinski definition) is 1. The number of unbranched alkanes of at least 4 members (excludes halogenated alkanes) is 1. The Balaban J connectivity index is 2.01. The van der Waals surface area contributed by atoms with Gasteiger partial charge in [0.05, 0.1) is 11.9 Å². The number of halogens is 1. The van der Waals surface area contributed by atoms with Crippen molar-refractivity contribution in [3.63, 3.8) is 0 Å². The Kier molecular flexibility index (Phi) is 11.6. The van der Waals surface area contributed by atoms with Crippen LogP contribution >= 0.6 is 11.6 Å². The zero-order valence-electron chi connectivity index (χ0n) is 23.3. The number of rotatable bonds is 14. The number of amides is 2. The summed E-state index contributed by atoms with van der Waals surface area (Å²) >= 11 is 6.09. The first-order valence-corrected chi connectivity index (χ1v) is 15.8. The molecule has 0 heterocycles. The van der Waals surface area contributed by atoms with Gasteiger partial charge < -0.3 is 10.2 Å². The summed E-state index contributed by atoms with van der Waals surface area (Å²) in [5.74, 6) is -0.760. The molecule has 0 aliphatic carbocycles. The lowest BCUT2D eigenvalue weighted by Gasteiger charge is -2.33. The number of sulfonamides is 1. The zero-order chi connectivity index (χ0) is 29.1. The van der Waals surface area contributed by atoms with Gasteiger partial charge in [-0.1, -0.05) is 86.5 Å². The smallest absolute Gasteiger partial charge is 0.244 e. The van der Waals surface area contributed by atoms with Gasteiger partial charge in [-0.05, 0) is 53.8 Å². The van der Waals surface area contributed by atoms with E-state index in [1.807, 2.05) is 56.3 Å². The summed E-state index contributed by atoms with van der Waals surface area (Å²) in [5, 5.41) is 3.53. The minimum Gasteiger partial charge on any atom is -0.354 e. The van der Waals surface area contributed by atoms with Crippen LogP contribution in [0.2, 0.25) is 5.02 Å². The number of nitrogens with one attached hydrogen (secondary N) is 1. The van der Waals surface area contributed by atoms with Crippen molar-refractivity contribution in [3.05, 3.63) is 101 Å². The van der Waals surface area contributed by atoms with Crippen LogP contribution in [0.25, 0.3) is 0 Å². The van der Waals surface area contributed by atoms with E-state index in [-0.39, 0.29) is 18.9 Å². The maximum atomic E-state index is 14.0. The summed E-state index contributed by atoms with van der Waals surface area (Å²) in [6.07, 6.45) is 3.89. The second-order valence-corrected chi connectivity index (χ2v) is 12.1. The second-order valence-electron chi connectivity index (χ2n) is 9.79. The summed E-state index contributed by atoms with van der Waals surface area (Å²) in [4.78, 5) is 29.1. The van der Waals surface area contributed by atoms with Crippen molar-refractivity contribution < 1.29 is 18.0 Å². The van der Waals surface area contributed by atoms with Gasteiger partial charge in [0.15, 0.2) is 0 Å². The molecule has 7 nitrogen and oxygen atoms in total. The van der Waals surface area contributed by atoms with E-state index in [9.17, 15) is 18.0 Å². The number of hydrogen-bond acceptors (Lipinski definition) is 4. The summed E-state index contributed by atoms with van der Waals surface area (Å²) in [6, 6.07) is 22.8. The average molecular weight is 584 g/mol. The highest BCUT2D eigenvalue weighted by Crippen LogP contribution is 2.22. The fourth-order valence-corrected chi connectivity index (χ4v) is 5.33. The molecule has 0 spiro atoms. The van der Waals surface area contributed by atoms with Crippen molar-refractivity contribution in [2.75, 3.05) is 23.7 Å². The van der Waals surface area contributed by atoms with Gasteiger partial charge in [-0.3, -0.25) is 13.9 Å². The molecule has 40 heavy (non-hydrogen) atoms. The van der Waals surface area contributed by atoms with Gasteiger partial charge >= 0.3 is 0 Å². The normalized spacial score (nSPS) is 12.0. The first-order valence-electron chi connectivity index (χ1n) is 13.5. The molecule has 3 rings (SSSR count). The fourth-order valence-electron chi connectivity index (χ4n) is 4.36. The van der Waals surface area contributed by atoms with Crippen molar-refractivity contribution in [1.29, 1.82) is 0 Å². The molecule has 0 bridgehead atoms. The standard InChI is InChI=1S/C31H38ClN3O4S/c1-4-6-20-33-31(37)29(21-25-10-8-7-9-11-25)34(22-26-12-16-27(32)17-13-26)30(36)23-35(40(3,38)39)28-18-14-24(5-2)15-19-28/h7-19,29H,4-6,20-23H2,1-3H3,(H,33,37). The maximum Gasteiger partial charge on any atom is 0.244 e. The largest absolute Gasteiger partial charge is 0.354 e. The Labute approximate surface area is 243 Å². The second kappa shape index (κ2) is 14.9. The molecular weight excluding hydrogens is 546 g/mol. The summed E-state index contributed by atoms with van der Waals surface area (Å²) in [7, 11) is -3.80. The lowest BCUT2D eigenvalue weighted by Crippen LogP contribution is -2.53. The van der Waals surface area contributed by atoms with E-state index in [0.717, 1.165) is 46.5 Å². The Hall–Kier alpha value is -3.36. The Bertz CT molecular complexity index is 1350. The molecule has 0 aromatic heterocycles. The van der Waals surface area contributed by atoms with Gasteiger partial charge in [0.25, 0.3) is 0 Å². The number of nitrogens with zero attached hydrogens (tertiary/aromatic N) is 2.